The summed E-state index contributed by atoms with van der Waals surface area (Å²) in [6, 6.07) is 0. The molecule has 0 saturated carbocycles. The van der Waals surface area contributed by atoms with Gasteiger partial charge in [0.1, 0.15) is 6.33 Å². The van der Waals surface area contributed by atoms with Crippen molar-refractivity contribution < 1.29 is 10.0 Å². The van der Waals surface area contributed by atoms with Crippen LogP contribution in [0.15, 0.2) is 11.4 Å². The lowest BCUT2D eigenvalue weighted by Crippen LogP contribution is -2.03. The summed E-state index contributed by atoms with van der Waals surface area (Å²) in [5.74, 6) is 0.538. The summed E-state index contributed by atoms with van der Waals surface area (Å²) in [5.41, 5.74) is -0.154. The van der Waals surface area contributed by atoms with Crippen molar-refractivity contribution in [2.24, 2.45) is 0 Å². The van der Waals surface area contributed by atoms with Crippen LogP contribution in [0.5, 0.6) is 0 Å². The molecule has 0 amide bonds. The molecule has 1 rings (SSSR count). The van der Waals surface area contributed by atoms with Gasteiger partial charge in [-0.1, -0.05) is 11.8 Å². The minimum Gasteiger partial charge on any atom is -0.396 e. The first kappa shape index (κ1) is 11.7. The van der Waals surface area contributed by atoms with Gasteiger partial charge in [-0.05, 0) is 0 Å². The number of nitro groups is 1. The third-order valence-corrected chi connectivity index (χ3v) is 2.50. The van der Waals surface area contributed by atoms with E-state index < -0.39 is 4.92 Å². The van der Waals surface area contributed by atoms with Crippen LogP contribution in [0.25, 0.3) is 0 Å². The molecule has 1 aromatic rings. The van der Waals surface area contributed by atoms with Gasteiger partial charge in [0.15, 0.2) is 5.03 Å². The van der Waals surface area contributed by atoms with Gasteiger partial charge in [0, 0.05) is 12.8 Å². The van der Waals surface area contributed by atoms with E-state index in [2.05, 4.69) is 15.3 Å². The second-order valence-corrected chi connectivity index (χ2v) is 3.54. The molecule has 0 radical (unpaired) electrons. The number of aliphatic hydroxyl groups is 1. The number of nitrogens with zero attached hydrogens (tertiary/aromatic N) is 3. The Labute approximate surface area is 90.1 Å². The van der Waals surface area contributed by atoms with Gasteiger partial charge in [-0.3, -0.25) is 10.1 Å². The van der Waals surface area contributed by atoms with Crippen molar-refractivity contribution in [3.05, 3.63) is 16.4 Å². The van der Waals surface area contributed by atoms with E-state index in [4.69, 9.17) is 5.11 Å². The van der Waals surface area contributed by atoms with E-state index in [0.717, 1.165) is 11.8 Å². The Hall–Kier alpha value is -1.41. The molecule has 0 saturated heterocycles. The van der Waals surface area contributed by atoms with Crippen molar-refractivity contribution in [1.82, 2.24) is 9.97 Å². The zero-order chi connectivity index (χ0) is 11.3. The maximum Gasteiger partial charge on any atom is 0.343 e. The van der Waals surface area contributed by atoms with Crippen molar-refractivity contribution >= 4 is 23.3 Å². The summed E-state index contributed by atoms with van der Waals surface area (Å²) in [4.78, 5) is 17.8. The maximum atomic E-state index is 10.8. The molecule has 0 fully saturated rings. The van der Waals surface area contributed by atoms with Gasteiger partial charge in [0.25, 0.3) is 0 Å². The summed E-state index contributed by atoms with van der Waals surface area (Å²) < 4.78 is 0. The highest BCUT2D eigenvalue weighted by atomic mass is 32.2. The van der Waals surface area contributed by atoms with E-state index in [1.165, 1.54) is 6.33 Å². The van der Waals surface area contributed by atoms with Crippen molar-refractivity contribution in [2.75, 3.05) is 24.7 Å². The number of aliphatic hydroxyl groups excluding tert-OH is 1. The van der Waals surface area contributed by atoms with E-state index in [-0.39, 0.29) is 23.1 Å². The summed E-state index contributed by atoms with van der Waals surface area (Å²) >= 11 is 1.12. The molecular formula is C7H10N4O3S. The molecule has 82 valence electrons. The summed E-state index contributed by atoms with van der Waals surface area (Å²) in [7, 11) is 1.55. The second kappa shape index (κ2) is 5.47. The fraction of sp³-hybridized carbons (Fsp3) is 0.429. The molecule has 0 bridgehead atoms. The van der Waals surface area contributed by atoms with Crippen LogP contribution >= 0.6 is 11.8 Å². The highest BCUT2D eigenvalue weighted by Crippen LogP contribution is 2.31. The number of nitrogens with one attached hydrogen (secondary N) is 1. The van der Waals surface area contributed by atoms with Crippen LogP contribution in [0.1, 0.15) is 0 Å². The van der Waals surface area contributed by atoms with Crippen LogP contribution in [-0.2, 0) is 0 Å². The Morgan fingerprint density at radius 1 is 1.67 bits per heavy atom. The van der Waals surface area contributed by atoms with Crippen molar-refractivity contribution in [3.8, 4) is 0 Å². The molecule has 1 aromatic heterocycles. The Balaban J connectivity index is 3.07. The quantitative estimate of drug-likeness (QED) is 0.329. The van der Waals surface area contributed by atoms with Gasteiger partial charge in [-0.25, -0.2) is 9.97 Å². The third-order valence-electron chi connectivity index (χ3n) is 1.54. The van der Waals surface area contributed by atoms with E-state index in [1.807, 2.05) is 0 Å². The number of aromatic nitrogens is 2. The third kappa shape index (κ3) is 2.77. The summed E-state index contributed by atoms with van der Waals surface area (Å²) in [6.45, 7) is -0.0549. The molecule has 0 unspecified atom stereocenters. The highest BCUT2D eigenvalue weighted by Gasteiger charge is 2.21. The lowest BCUT2D eigenvalue weighted by atomic mass is 10.5. The maximum absolute atomic E-state index is 10.8. The van der Waals surface area contributed by atoms with Crippen LogP contribution in [0.3, 0.4) is 0 Å². The fourth-order valence-electron chi connectivity index (χ4n) is 0.958. The number of anilines is 1. The van der Waals surface area contributed by atoms with Crippen molar-refractivity contribution in [2.45, 2.75) is 5.03 Å². The lowest BCUT2D eigenvalue weighted by Gasteiger charge is -2.03. The minimum atomic E-state index is -0.536. The zero-order valence-electron chi connectivity index (χ0n) is 8.01. The first-order valence-electron chi connectivity index (χ1n) is 4.11. The lowest BCUT2D eigenvalue weighted by molar-refractivity contribution is -0.387. The first-order chi connectivity index (χ1) is 7.20. The summed E-state index contributed by atoms with van der Waals surface area (Å²) in [6.07, 6.45) is 1.25. The number of hydrogen-bond acceptors (Lipinski definition) is 7. The predicted molar refractivity (Wildman–Crippen MR) is 56.0 cm³/mol. The smallest absolute Gasteiger partial charge is 0.343 e. The van der Waals surface area contributed by atoms with Crippen LogP contribution in [0, 0.1) is 10.1 Å². The van der Waals surface area contributed by atoms with Gasteiger partial charge >= 0.3 is 5.69 Å². The molecule has 0 aliphatic rings. The molecule has 15 heavy (non-hydrogen) atoms. The predicted octanol–water partition coefficient (Wildman–Crippen LogP) is 0.511. The normalized spacial score (nSPS) is 10.0. The fourth-order valence-corrected chi connectivity index (χ4v) is 1.67. The Morgan fingerprint density at radius 2 is 2.40 bits per heavy atom. The molecule has 0 atom stereocenters. The van der Waals surface area contributed by atoms with Gasteiger partial charge in [0.05, 0.1) is 11.5 Å². The largest absolute Gasteiger partial charge is 0.396 e. The van der Waals surface area contributed by atoms with Gasteiger partial charge in [0.2, 0.25) is 5.82 Å². The number of thioether (sulfide) groups is 1. The molecule has 0 aromatic carbocycles. The molecule has 0 aliphatic carbocycles. The number of hydrogen-bond donors (Lipinski definition) is 2. The molecule has 1 heterocycles. The Bertz CT molecular complexity index is 360. The van der Waals surface area contributed by atoms with E-state index in [0.29, 0.717) is 5.75 Å². The average molecular weight is 230 g/mol. The molecule has 0 spiro atoms. The van der Waals surface area contributed by atoms with Crippen LogP contribution < -0.4 is 5.32 Å². The highest BCUT2D eigenvalue weighted by molar-refractivity contribution is 7.99. The zero-order valence-corrected chi connectivity index (χ0v) is 8.82. The van der Waals surface area contributed by atoms with Crippen molar-refractivity contribution in [1.29, 1.82) is 0 Å². The molecule has 2 N–H and O–H groups in total. The second-order valence-electron chi connectivity index (χ2n) is 2.46. The minimum absolute atomic E-state index is 0.0549. The van der Waals surface area contributed by atoms with Gasteiger partial charge in [-0.15, -0.1) is 0 Å². The first-order valence-corrected chi connectivity index (χ1v) is 5.10. The van der Waals surface area contributed by atoms with Crippen LogP contribution in [0.4, 0.5) is 11.5 Å². The monoisotopic (exact) mass is 230 g/mol. The van der Waals surface area contributed by atoms with Gasteiger partial charge in [-0.2, -0.15) is 0 Å². The average Bonchev–Trinajstić information content (AvgIpc) is 2.25. The number of rotatable bonds is 5. The van der Waals surface area contributed by atoms with Crippen LogP contribution in [0.2, 0.25) is 0 Å². The molecule has 0 aliphatic heterocycles. The SMILES string of the molecule is CNc1ncnc(SCCO)c1[N+](=O)[O-]. The topological polar surface area (TPSA) is 101 Å². The van der Waals surface area contributed by atoms with E-state index >= 15 is 0 Å². The molecular weight excluding hydrogens is 220 g/mol. The standard InChI is InChI=1S/C7H10N4O3S/c1-8-6-5(11(13)14)7(10-4-9-6)15-3-2-12/h4,12H,2-3H2,1H3,(H,8,9,10). The van der Waals surface area contributed by atoms with Crippen molar-refractivity contribution in [3.63, 3.8) is 0 Å². The van der Waals surface area contributed by atoms with Crippen LogP contribution in [-0.4, -0.2) is 39.4 Å². The van der Waals surface area contributed by atoms with Gasteiger partial charge < -0.3 is 10.4 Å². The summed E-state index contributed by atoms with van der Waals surface area (Å²) in [5, 5.41) is 22.3. The van der Waals surface area contributed by atoms with E-state index in [1.54, 1.807) is 7.05 Å². The molecule has 7 nitrogen and oxygen atoms in total. The Morgan fingerprint density at radius 3 is 2.93 bits per heavy atom. The molecule has 8 heteroatoms. The van der Waals surface area contributed by atoms with E-state index in [9.17, 15) is 10.1 Å². The Kier molecular flexibility index (Phi) is 4.25.